The van der Waals surface area contributed by atoms with Gasteiger partial charge in [0.1, 0.15) is 5.92 Å². The van der Waals surface area contributed by atoms with Gasteiger partial charge in [-0.1, -0.05) is 0 Å². The second-order valence-corrected chi connectivity index (χ2v) is 3.25. The van der Waals surface area contributed by atoms with Crippen LogP contribution in [0.5, 0.6) is 0 Å². The maximum absolute atomic E-state index is 5.55. The smallest absolute Gasteiger partial charge is 0.0492 e. The molecule has 0 nitrogen and oxygen atoms in total. The molecule has 0 unspecified atom stereocenters. The van der Waals surface area contributed by atoms with Crippen molar-refractivity contribution >= 4 is 0 Å². The van der Waals surface area contributed by atoms with Gasteiger partial charge in [-0.15, -0.1) is 0 Å². The van der Waals surface area contributed by atoms with Crippen LogP contribution in [0.15, 0.2) is 60.7 Å². The summed E-state index contributed by atoms with van der Waals surface area (Å²) in [5.74, 6) is 3.69. The molecule has 0 aliphatic heterocycles. The van der Waals surface area contributed by atoms with Gasteiger partial charge in [0.15, 0.2) is 0 Å². The molecule has 0 saturated heterocycles. The molecule has 15 heavy (non-hydrogen) atoms. The third-order valence-corrected chi connectivity index (χ3v) is 2.27. The third kappa shape index (κ3) is 2.03. The second kappa shape index (κ2) is 4.39. The van der Waals surface area contributed by atoms with E-state index in [2.05, 4.69) is 5.92 Å². The zero-order chi connectivity index (χ0) is 10.5. The van der Waals surface area contributed by atoms with Crippen molar-refractivity contribution in [2.45, 2.75) is 0 Å². The Hall–Kier alpha value is -2.13. The second-order valence-electron chi connectivity index (χ2n) is 3.25. The maximum Gasteiger partial charge on any atom is 0.112 e. The molecule has 0 saturated carbocycles. The molecule has 0 atom stereocenters. The molecule has 0 amide bonds. The molecule has 0 bridgehead atoms. The fourth-order valence-electron chi connectivity index (χ4n) is 1.54. The fraction of sp³-hybridized carbons (Fsp3) is 0. The van der Waals surface area contributed by atoms with Gasteiger partial charge in [-0.2, -0.15) is 0 Å². The Labute approximate surface area is 90.6 Å². The molecule has 2 aromatic carbocycles. The van der Waals surface area contributed by atoms with E-state index < -0.39 is 0 Å². The molecule has 0 radical (unpaired) electrons. The van der Waals surface area contributed by atoms with Crippen LogP contribution in [0.4, 0.5) is 0 Å². The maximum atomic E-state index is 5.55. The molecular weight excluding hydrogens is 180 g/mol. The zero-order valence-corrected chi connectivity index (χ0v) is 8.35. The molecular formula is C15H11+. The van der Waals surface area contributed by atoms with Crippen LogP contribution in [0.3, 0.4) is 0 Å². The number of rotatable bonds is 2. The highest BCUT2D eigenvalue weighted by Gasteiger charge is 2.16. The van der Waals surface area contributed by atoms with Crippen molar-refractivity contribution in [1.82, 2.24) is 0 Å². The van der Waals surface area contributed by atoms with Crippen molar-refractivity contribution in [3.05, 3.63) is 77.7 Å². The zero-order valence-electron chi connectivity index (χ0n) is 8.35. The van der Waals surface area contributed by atoms with Crippen LogP contribution in [0.1, 0.15) is 11.1 Å². The van der Waals surface area contributed by atoms with E-state index in [1.165, 1.54) is 0 Å². The number of terminal acetylenes is 1. The molecule has 0 heterocycles. The van der Waals surface area contributed by atoms with E-state index in [4.69, 9.17) is 6.42 Å². The summed E-state index contributed by atoms with van der Waals surface area (Å²) in [4.78, 5) is 0. The summed E-state index contributed by atoms with van der Waals surface area (Å²) in [6.07, 6.45) is 5.55. The topological polar surface area (TPSA) is 0 Å². The summed E-state index contributed by atoms with van der Waals surface area (Å²) in [6, 6.07) is 20.1. The van der Waals surface area contributed by atoms with Crippen LogP contribution in [-0.4, -0.2) is 0 Å². The number of benzene rings is 2. The Kier molecular flexibility index (Phi) is 2.76. The van der Waals surface area contributed by atoms with E-state index in [-0.39, 0.29) is 0 Å². The number of hydrogen-bond acceptors (Lipinski definition) is 0. The quantitative estimate of drug-likeness (QED) is 0.504. The third-order valence-electron chi connectivity index (χ3n) is 2.27. The minimum atomic E-state index is 0.941. The molecule has 2 aromatic rings. The molecule has 0 spiro atoms. The van der Waals surface area contributed by atoms with E-state index in [0.717, 1.165) is 17.0 Å². The molecule has 0 heteroatoms. The summed E-state index contributed by atoms with van der Waals surface area (Å²) in [5.41, 5.74) is 2.18. The fourth-order valence-corrected chi connectivity index (χ4v) is 1.54. The van der Waals surface area contributed by atoms with E-state index >= 15 is 0 Å². The van der Waals surface area contributed by atoms with Gasteiger partial charge in [-0.05, 0) is 67.1 Å². The van der Waals surface area contributed by atoms with Crippen molar-refractivity contribution in [2.75, 3.05) is 0 Å². The van der Waals surface area contributed by atoms with Gasteiger partial charge in [0.05, 0.1) is 11.1 Å². The van der Waals surface area contributed by atoms with Crippen LogP contribution in [0.2, 0.25) is 0 Å². The Morgan fingerprint density at radius 2 is 1.13 bits per heavy atom. The first-order valence-electron chi connectivity index (χ1n) is 4.86. The van der Waals surface area contributed by atoms with Gasteiger partial charge >= 0.3 is 0 Å². The molecule has 70 valence electrons. The Morgan fingerprint density at radius 3 is 1.47 bits per heavy atom. The molecule has 0 aromatic heterocycles. The van der Waals surface area contributed by atoms with Crippen LogP contribution in [0.25, 0.3) is 0 Å². The first-order valence-corrected chi connectivity index (χ1v) is 4.86. The summed E-state index contributed by atoms with van der Waals surface area (Å²) in [5, 5.41) is 0. The minimum Gasteiger partial charge on any atom is -0.0492 e. The predicted molar refractivity (Wildman–Crippen MR) is 63.2 cm³/mol. The van der Waals surface area contributed by atoms with Crippen molar-refractivity contribution in [3.63, 3.8) is 0 Å². The summed E-state index contributed by atoms with van der Waals surface area (Å²) < 4.78 is 0. The van der Waals surface area contributed by atoms with Gasteiger partial charge in [-0.3, -0.25) is 0 Å². The van der Waals surface area contributed by atoms with Crippen LogP contribution in [-0.2, 0) is 0 Å². The molecule has 2 rings (SSSR count). The average Bonchev–Trinajstić information content (AvgIpc) is 2.33. The normalized spacial score (nSPS) is 9.27. The van der Waals surface area contributed by atoms with Gasteiger partial charge in [0.25, 0.3) is 0 Å². The van der Waals surface area contributed by atoms with Crippen LogP contribution < -0.4 is 0 Å². The van der Waals surface area contributed by atoms with Crippen molar-refractivity contribution < 1.29 is 0 Å². The van der Waals surface area contributed by atoms with Crippen molar-refractivity contribution in [2.24, 2.45) is 0 Å². The lowest BCUT2D eigenvalue weighted by molar-refractivity contribution is 1.32. The van der Waals surface area contributed by atoms with E-state index in [1.807, 2.05) is 60.7 Å². The lowest BCUT2D eigenvalue weighted by atomic mass is 9.92. The van der Waals surface area contributed by atoms with Crippen molar-refractivity contribution in [3.8, 4) is 12.3 Å². The monoisotopic (exact) mass is 191 g/mol. The highest BCUT2D eigenvalue weighted by Crippen LogP contribution is 2.21. The van der Waals surface area contributed by atoms with Gasteiger partial charge in [-0.25, -0.2) is 0 Å². The Morgan fingerprint density at radius 1 is 0.733 bits per heavy atom. The van der Waals surface area contributed by atoms with E-state index in [9.17, 15) is 0 Å². The molecule has 0 fully saturated rings. The average molecular weight is 191 g/mol. The largest absolute Gasteiger partial charge is 0.112 e. The lowest BCUT2D eigenvalue weighted by Crippen LogP contribution is -1.98. The van der Waals surface area contributed by atoms with E-state index in [0.29, 0.717) is 0 Å². The highest BCUT2D eigenvalue weighted by atomic mass is 14.1. The van der Waals surface area contributed by atoms with Gasteiger partial charge < -0.3 is 0 Å². The van der Waals surface area contributed by atoms with Crippen molar-refractivity contribution in [1.29, 1.82) is 0 Å². The first-order chi connectivity index (χ1) is 7.42. The predicted octanol–water partition coefficient (Wildman–Crippen LogP) is 3.29. The number of hydrogen-bond donors (Lipinski definition) is 0. The highest BCUT2D eigenvalue weighted by molar-refractivity contribution is 5.54. The summed E-state index contributed by atoms with van der Waals surface area (Å²) in [7, 11) is 0. The first kappa shape index (κ1) is 9.43. The summed E-state index contributed by atoms with van der Waals surface area (Å²) >= 11 is 0. The van der Waals surface area contributed by atoms with Crippen LogP contribution in [0, 0.1) is 18.3 Å². The van der Waals surface area contributed by atoms with Crippen LogP contribution >= 0.6 is 0 Å². The SMILES string of the molecule is C#C[C+](c1ccccc1)c1ccccc1. The van der Waals surface area contributed by atoms with Gasteiger partial charge in [0, 0.05) is 5.92 Å². The molecule has 0 N–H and O–H groups in total. The molecule has 0 aliphatic rings. The standard InChI is InChI=1S/C15H11/c1-2-15(13-9-5-3-6-10-13)14-11-7-4-8-12-14/h1,3-12H/q+1. The minimum absolute atomic E-state index is 0.941. The Balaban J connectivity index is 2.39. The summed E-state index contributed by atoms with van der Waals surface area (Å²) in [6.45, 7) is 0. The lowest BCUT2D eigenvalue weighted by Gasteiger charge is -2.03. The van der Waals surface area contributed by atoms with E-state index in [1.54, 1.807) is 0 Å². The van der Waals surface area contributed by atoms with Gasteiger partial charge in [0.2, 0.25) is 0 Å². The Bertz CT molecular complexity index is 409. The molecule has 0 aliphatic carbocycles.